The van der Waals surface area contributed by atoms with Crippen LogP contribution in [0.2, 0.25) is 0 Å². The zero-order valence-corrected chi connectivity index (χ0v) is 13.9. The van der Waals surface area contributed by atoms with Crippen LogP contribution in [0.15, 0.2) is 17.0 Å². The van der Waals surface area contributed by atoms with Crippen LogP contribution in [0.4, 0.5) is 5.69 Å². The van der Waals surface area contributed by atoms with E-state index >= 15 is 0 Å². The minimum Gasteiger partial charge on any atom is -0.504 e. The molecule has 0 fully saturated rings. The molecule has 0 radical (unpaired) electrons. The average Bonchev–Trinajstić information content (AvgIpc) is 2.61. The summed E-state index contributed by atoms with van der Waals surface area (Å²) >= 11 is 0. The standard InChI is InChI=1S/C14H12N2O10S/c15-27(26)8-2-4(14(22)23)1-7(16(24)25)5(8)3-6-9(17)11(19)13(21)12(20)10(6)18/h1-2,17-21H,3,15H2,(H,22,23). The lowest BCUT2D eigenvalue weighted by Gasteiger charge is -2.14. The van der Waals surface area contributed by atoms with Crippen molar-refractivity contribution < 1.29 is 44.6 Å². The minimum atomic E-state index is -2.40. The fraction of sp³-hybridized carbons (Fsp3) is 0.0714. The molecule has 0 aliphatic rings. The molecule has 0 aliphatic heterocycles. The van der Waals surface area contributed by atoms with Gasteiger partial charge in [-0.1, -0.05) is 0 Å². The Labute approximate surface area is 152 Å². The molecule has 12 nitrogen and oxygen atoms in total. The molecule has 2 rings (SSSR count). The molecule has 1 unspecified atom stereocenters. The smallest absolute Gasteiger partial charge is 0.335 e. The van der Waals surface area contributed by atoms with Gasteiger partial charge in [0.25, 0.3) is 5.69 Å². The number of nitrogens with two attached hydrogens (primary N) is 1. The van der Waals surface area contributed by atoms with Gasteiger partial charge in [-0.2, -0.15) is 0 Å². The van der Waals surface area contributed by atoms with Crippen molar-refractivity contribution in [2.45, 2.75) is 11.3 Å². The molecule has 0 amide bonds. The van der Waals surface area contributed by atoms with Gasteiger partial charge in [0, 0.05) is 18.1 Å². The fourth-order valence-corrected chi connectivity index (χ4v) is 3.02. The number of carboxylic acids is 1. The maximum absolute atomic E-state index is 11.8. The van der Waals surface area contributed by atoms with Crippen molar-refractivity contribution in [1.29, 1.82) is 0 Å². The van der Waals surface area contributed by atoms with Gasteiger partial charge >= 0.3 is 5.97 Å². The van der Waals surface area contributed by atoms with Crippen LogP contribution in [0, 0.1) is 10.1 Å². The zero-order valence-electron chi connectivity index (χ0n) is 13.1. The number of nitro groups is 1. The largest absolute Gasteiger partial charge is 0.504 e. The second-order valence-corrected chi connectivity index (χ2v) is 6.26. The first kappa shape index (κ1) is 19.7. The second kappa shape index (κ2) is 6.97. The van der Waals surface area contributed by atoms with E-state index in [1.54, 1.807) is 0 Å². The van der Waals surface area contributed by atoms with Gasteiger partial charge in [-0.05, 0) is 6.07 Å². The molecule has 0 aromatic heterocycles. The summed E-state index contributed by atoms with van der Waals surface area (Å²) in [4.78, 5) is 21.0. The van der Waals surface area contributed by atoms with Gasteiger partial charge in [0.2, 0.25) is 17.2 Å². The first-order valence-corrected chi connectivity index (χ1v) is 8.07. The first-order chi connectivity index (χ1) is 12.5. The Morgan fingerprint density at radius 2 is 1.48 bits per heavy atom. The number of rotatable bonds is 5. The third kappa shape index (κ3) is 3.40. The predicted molar refractivity (Wildman–Crippen MR) is 88.2 cm³/mol. The number of hydrogen-bond acceptors (Lipinski definition) is 9. The van der Waals surface area contributed by atoms with Crippen molar-refractivity contribution in [3.05, 3.63) is 38.9 Å². The molecule has 144 valence electrons. The Bertz CT molecular complexity index is 940. The van der Waals surface area contributed by atoms with Gasteiger partial charge in [0.1, 0.15) is 11.0 Å². The van der Waals surface area contributed by atoms with E-state index in [-0.39, 0.29) is 0 Å². The van der Waals surface area contributed by atoms with Crippen LogP contribution in [-0.2, 0) is 17.4 Å². The molecule has 1 atom stereocenters. The van der Waals surface area contributed by atoms with E-state index in [0.29, 0.717) is 6.07 Å². The van der Waals surface area contributed by atoms with Crippen molar-refractivity contribution >= 4 is 22.6 Å². The van der Waals surface area contributed by atoms with Gasteiger partial charge < -0.3 is 30.6 Å². The van der Waals surface area contributed by atoms with E-state index in [1.807, 2.05) is 0 Å². The number of phenolic OH excluding ortho intramolecular Hbond substituents is 5. The van der Waals surface area contributed by atoms with E-state index < -0.39 is 84.3 Å². The number of aromatic hydroxyl groups is 5. The van der Waals surface area contributed by atoms with E-state index in [2.05, 4.69) is 0 Å². The van der Waals surface area contributed by atoms with Crippen LogP contribution in [0.5, 0.6) is 28.7 Å². The second-order valence-electron chi connectivity index (χ2n) is 5.23. The molecular formula is C14H12N2O10S. The summed E-state index contributed by atoms with van der Waals surface area (Å²) in [5.41, 5.74) is -2.51. The Balaban J connectivity index is 2.82. The Kier molecular flexibility index (Phi) is 5.10. The predicted octanol–water partition coefficient (Wildman–Crippen LogP) is 0.393. The number of carboxylic acid groups (broad SMARTS) is 1. The molecule has 0 saturated carbocycles. The summed E-state index contributed by atoms with van der Waals surface area (Å²) in [6.07, 6.45) is -0.784. The van der Waals surface area contributed by atoms with E-state index in [0.717, 1.165) is 6.07 Å². The fourth-order valence-electron chi connectivity index (χ4n) is 2.35. The maximum Gasteiger partial charge on any atom is 0.335 e. The topological polar surface area (TPSA) is 225 Å². The summed E-state index contributed by atoms with van der Waals surface area (Å²) in [6.45, 7) is 0. The highest BCUT2D eigenvalue weighted by Crippen LogP contribution is 2.51. The van der Waals surface area contributed by atoms with Crippen molar-refractivity contribution in [2.75, 3.05) is 0 Å². The molecule has 27 heavy (non-hydrogen) atoms. The molecule has 0 heterocycles. The van der Waals surface area contributed by atoms with Crippen molar-refractivity contribution in [1.82, 2.24) is 0 Å². The lowest BCUT2D eigenvalue weighted by atomic mass is 9.98. The number of phenols is 5. The van der Waals surface area contributed by atoms with Crippen LogP contribution in [0.3, 0.4) is 0 Å². The van der Waals surface area contributed by atoms with Gasteiger partial charge in [-0.25, -0.2) is 14.1 Å². The van der Waals surface area contributed by atoms with Crippen LogP contribution in [0.25, 0.3) is 0 Å². The van der Waals surface area contributed by atoms with Gasteiger partial charge in [-0.15, -0.1) is 0 Å². The Hall–Kier alpha value is -3.58. The summed E-state index contributed by atoms with van der Waals surface area (Å²) in [7, 11) is -2.40. The lowest BCUT2D eigenvalue weighted by Crippen LogP contribution is -2.12. The van der Waals surface area contributed by atoms with E-state index in [9.17, 15) is 44.7 Å². The Morgan fingerprint density at radius 3 is 1.89 bits per heavy atom. The molecule has 0 spiro atoms. The third-order valence-corrected chi connectivity index (χ3v) is 4.47. The molecule has 0 aliphatic carbocycles. The van der Waals surface area contributed by atoms with Crippen LogP contribution >= 0.6 is 0 Å². The van der Waals surface area contributed by atoms with Crippen molar-refractivity contribution in [2.24, 2.45) is 5.14 Å². The number of nitrogens with zero attached hydrogens (tertiary/aromatic N) is 1. The highest BCUT2D eigenvalue weighted by molar-refractivity contribution is 7.82. The molecule has 0 bridgehead atoms. The molecule has 2 aromatic carbocycles. The number of hydrogen-bond donors (Lipinski definition) is 7. The summed E-state index contributed by atoms with van der Waals surface area (Å²) < 4.78 is 11.8. The Morgan fingerprint density at radius 1 is 1.00 bits per heavy atom. The molecule has 0 saturated heterocycles. The third-order valence-electron chi connectivity index (χ3n) is 3.67. The first-order valence-electron chi connectivity index (χ1n) is 6.85. The molecular weight excluding hydrogens is 388 g/mol. The zero-order chi connectivity index (χ0) is 20.6. The van der Waals surface area contributed by atoms with Crippen LogP contribution in [-0.4, -0.2) is 45.7 Å². The quantitative estimate of drug-likeness (QED) is 0.158. The summed E-state index contributed by atoms with van der Waals surface area (Å²) in [5.74, 6) is -7.41. The summed E-state index contributed by atoms with van der Waals surface area (Å²) in [6, 6.07) is 1.47. The minimum absolute atomic E-state index is 0.444. The number of benzene rings is 2. The van der Waals surface area contributed by atoms with E-state index in [1.165, 1.54) is 0 Å². The van der Waals surface area contributed by atoms with Crippen LogP contribution in [0.1, 0.15) is 21.5 Å². The van der Waals surface area contributed by atoms with Crippen LogP contribution < -0.4 is 5.14 Å². The van der Waals surface area contributed by atoms with Crippen molar-refractivity contribution in [3.8, 4) is 28.7 Å². The monoisotopic (exact) mass is 400 g/mol. The highest BCUT2D eigenvalue weighted by Gasteiger charge is 2.29. The normalized spacial score (nSPS) is 11.9. The van der Waals surface area contributed by atoms with Crippen molar-refractivity contribution in [3.63, 3.8) is 0 Å². The number of aromatic carboxylic acids is 1. The molecule has 2 aromatic rings. The number of carbonyl (C=O) groups is 1. The van der Waals surface area contributed by atoms with Gasteiger partial charge in [0.15, 0.2) is 11.5 Å². The SMILES string of the molecule is NS(=O)c1cc(C(=O)O)cc([N+](=O)[O-])c1Cc1c(O)c(O)c(O)c(O)c1O. The van der Waals surface area contributed by atoms with E-state index in [4.69, 9.17) is 10.2 Å². The molecule has 13 heteroatoms. The average molecular weight is 400 g/mol. The lowest BCUT2D eigenvalue weighted by molar-refractivity contribution is -0.385. The summed E-state index contributed by atoms with van der Waals surface area (Å²) in [5, 5.41) is 73.9. The van der Waals surface area contributed by atoms with Gasteiger partial charge in [0.05, 0.1) is 20.9 Å². The number of nitro benzene ring substituents is 1. The molecule has 8 N–H and O–H groups in total. The maximum atomic E-state index is 11.8. The van der Waals surface area contributed by atoms with Gasteiger partial charge in [-0.3, -0.25) is 10.1 Å². The highest BCUT2D eigenvalue weighted by atomic mass is 32.2.